The van der Waals surface area contributed by atoms with Crippen LogP contribution in [0, 0.1) is 0 Å². The molecule has 1 atom stereocenters. The summed E-state index contributed by atoms with van der Waals surface area (Å²) >= 11 is 4.26. The van der Waals surface area contributed by atoms with Gasteiger partial charge in [-0.2, -0.15) is 0 Å². The van der Waals surface area contributed by atoms with Crippen LogP contribution in [0.5, 0.6) is 0 Å². The summed E-state index contributed by atoms with van der Waals surface area (Å²) < 4.78 is 1.70. The van der Waals surface area contributed by atoms with Gasteiger partial charge in [-0.05, 0) is 27.2 Å². The number of hydrogen-bond donors (Lipinski definition) is 2. The van der Waals surface area contributed by atoms with E-state index in [1.165, 1.54) is 0 Å². The topological polar surface area (TPSA) is 46.3 Å². The van der Waals surface area contributed by atoms with Crippen molar-refractivity contribution in [1.29, 1.82) is 0 Å². The number of nitrogens with two attached hydrogens (primary N) is 1. The summed E-state index contributed by atoms with van der Waals surface area (Å²) in [4.78, 5) is 11.0. The summed E-state index contributed by atoms with van der Waals surface area (Å²) in [5, 5.41) is 0. The first kappa shape index (κ1) is 11.8. The molecule has 0 unspecified atom stereocenters. The quantitative estimate of drug-likeness (QED) is 0.657. The van der Waals surface area contributed by atoms with Crippen LogP contribution in [0.2, 0.25) is 0 Å². The van der Waals surface area contributed by atoms with Gasteiger partial charge in [-0.25, -0.2) is 4.31 Å². The number of carbonyl (C=O) groups excluding carboxylic acids is 1. The zero-order valence-corrected chi connectivity index (χ0v) is 9.06. The van der Waals surface area contributed by atoms with E-state index >= 15 is 0 Å². The number of primary amides is 1. The monoisotopic (exact) mass is 190 g/mol. The molecule has 2 N–H and O–H groups in total. The van der Waals surface area contributed by atoms with Crippen molar-refractivity contribution in [3.8, 4) is 0 Å². The van der Waals surface area contributed by atoms with E-state index in [-0.39, 0.29) is 17.5 Å². The van der Waals surface area contributed by atoms with E-state index in [2.05, 4.69) is 12.8 Å². The van der Waals surface area contributed by atoms with Gasteiger partial charge in [-0.15, -0.1) is 0 Å². The predicted octanol–water partition coefficient (Wildman–Crippen LogP) is 1.20. The molecule has 1 amide bonds. The van der Waals surface area contributed by atoms with E-state index in [1.807, 2.05) is 27.7 Å². The Hall–Kier alpha value is -0.220. The zero-order chi connectivity index (χ0) is 9.94. The highest BCUT2D eigenvalue weighted by atomic mass is 32.1. The number of nitrogens with zero attached hydrogens (tertiary/aromatic N) is 1. The first-order valence-electron chi connectivity index (χ1n) is 4.08. The third-order valence-electron chi connectivity index (χ3n) is 1.70. The largest absolute Gasteiger partial charge is 0.368 e. The summed E-state index contributed by atoms with van der Waals surface area (Å²) in [6.07, 6.45) is 0.691. The van der Waals surface area contributed by atoms with Crippen LogP contribution < -0.4 is 5.73 Å². The minimum Gasteiger partial charge on any atom is -0.368 e. The van der Waals surface area contributed by atoms with Gasteiger partial charge in [0.25, 0.3) is 0 Å². The Kier molecular flexibility index (Phi) is 4.06. The minimum absolute atomic E-state index is 0.140. The van der Waals surface area contributed by atoms with E-state index in [4.69, 9.17) is 5.73 Å². The standard InChI is InChI=1S/C8H18N2OS/c1-5-6(7(9)11)10(12)8(2,3)4/h6,12H,5H2,1-4H3,(H2,9,11)/t6-/m1/s1. The number of rotatable bonds is 3. The Morgan fingerprint density at radius 2 is 2.00 bits per heavy atom. The fourth-order valence-electron chi connectivity index (χ4n) is 0.962. The van der Waals surface area contributed by atoms with Gasteiger partial charge in [0, 0.05) is 5.54 Å². The van der Waals surface area contributed by atoms with Crippen LogP contribution in [0.1, 0.15) is 34.1 Å². The molecule has 0 bridgehead atoms. The van der Waals surface area contributed by atoms with Crippen molar-refractivity contribution < 1.29 is 4.79 Å². The highest BCUT2D eigenvalue weighted by Crippen LogP contribution is 2.20. The predicted molar refractivity (Wildman–Crippen MR) is 53.9 cm³/mol. The second-order valence-corrected chi connectivity index (χ2v) is 4.27. The van der Waals surface area contributed by atoms with Gasteiger partial charge < -0.3 is 5.73 Å². The average Bonchev–Trinajstić information content (AvgIpc) is 1.86. The average molecular weight is 190 g/mol. The van der Waals surface area contributed by atoms with Crippen LogP contribution in [0.3, 0.4) is 0 Å². The fourth-order valence-corrected chi connectivity index (χ4v) is 1.24. The molecular formula is C8H18N2OS. The van der Waals surface area contributed by atoms with Crippen LogP contribution in [0.15, 0.2) is 0 Å². The van der Waals surface area contributed by atoms with E-state index in [1.54, 1.807) is 4.31 Å². The molecule has 72 valence electrons. The van der Waals surface area contributed by atoms with Crippen LogP contribution in [0.25, 0.3) is 0 Å². The summed E-state index contributed by atoms with van der Waals surface area (Å²) in [6.45, 7) is 7.90. The first-order chi connectivity index (χ1) is 5.30. The molecule has 0 heterocycles. The minimum atomic E-state index is -0.317. The van der Waals surface area contributed by atoms with Crippen LogP contribution in [0.4, 0.5) is 0 Å². The lowest BCUT2D eigenvalue weighted by Crippen LogP contribution is -2.47. The van der Waals surface area contributed by atoms with Gasteiger partial charge in [-0.1, -0.05) is 19.7 Å². The summed E-state index contributed by atoms with van der Waals surface area (Å²) in [5.41, 5.74) is 5.08. The molecule has 0 saturated carbocycles. The molecule has 0 radical (unpaired) electrons. The summed E-state index contributed by atoms with van der Waals surface area (Å²) in [5.74, 6) is -0.317. The molecule has 0 aromatic rings. The van der Waals surface area contributed by atoms with Crippen LogP contribution >= 0.6 is 12.8 Å². The van der Waals surface area contributed by atoms with Crippen molar-refractivity contribution in [2.24, 2.45) is 5.73 Å². The second kappa shape index (κ2) is 4.14. The molecule has 0 aliphatic carbocycles. The van der Waals surface area contributed by atoms with Crippen molar-refractivity contribution in [1.82, 2.24) is 4.31 Å². The van der Waals surface area contributed by atoms with Crippen molar-refractivity contribution in [2.45, 2.75) is 45.7 Å². The number of hydrogen-bond acceptors (Lipinski definition) is 3. The smallest absolute Gasteiger partial charge is 0.235 e. The van der Waals surface area contributed by atoms with Gasteiger partial charge >= 0.3 is 0 Å². The Morgan fingerprint density at radius 1 is 1.58 bits per heavy atom. The van der Waals surface area contributed by atoms with Crippen molar-refractivity contribution in [2.75, 3.05) is 0 Å². The Morgan fingerprint density at radius 3 is 2.08 bits per heavy atom. The molecule has 0 aliphatic heterocycles. The molecule has 0 aromatic heterocycles. The maximum absolute atomic E-state index is 11.0. The fraction of sp³-hybridized carbons (Fsp3) is 0.875. The van der Waals surface area contributed by atoms with Crippen molar-refractivity contribution >= 4 is 18.7 Å². The Balaban J connectivity index is 4.42. The second-order valence-electron chi connectivity index (χ2n) is 3.84. The summed E-state index contributed by atoms with van der Waals surface area (Å²) in [6, 6.07) is -0.284. The molecule has 3 nitrogen and oxygen atoms in total. The van der Waals surface area contributed by atoms with E-state index in [0.29, 0.717) is 6.42 Å². The number of amides is 1. The van der Waals surface area contributed by atoms with Gasteiger partial charge in [-0.3, -0.25) is 4.79 Å². The van der Waals surface area contributed by atoms with Gasteiger partial charge in [0.2, 0.25) is 5.91 Å². The molecule has 0 spiro atoms. The maximum Gasteiger partial charge on any atom is 0.235 e. The molecule has 0 aromatic carbocycles. The first-order valence-corrected chi connectivity index (χ1v) is 4.48. The van der Waals surface area contributed by atoms with E-state index < -0.39 is 0 Å². The van der Waals surface area contributed by atoms with Gasteiger partial charge in [0.1, 0.15) is 0 Å². The third kappa shape index (κ3) is 3.03. The van der Waals surface area contributed by atoms with Crippen LogP contribution in [-0.4, -0.2) is 21.8 Å². The zero-order valence-electron chi connectivity index (χ0n) is 8.16. The molecule has 0 fully saturated rings. The molecule has 4 heteroatoms. The Bertz CT molecular complexity index is 165. The SMILES string of the molecule is CC[C@H](C(N)=O)N(S)C(C)(C)C. The summed E-state index contributed by atoms with van der Waals surface area (Å²) in [7, 11) is 0. The molecule has 0 rings (SSSR count). The van der Waals surface area contributed by atoms with Crippen molar-refractivity contribution in [3.05, 3.63) is 0 Å². The van der Waals surface area contributed by atoms with E-state index in [9.17, 15) is 4.79 Å². The maximum atomic E-state index is 11.0. The lowest BCUT2D eigenvalue weighted by molar-refractivity contribution is -0.122. The van der Waals surface area contributed by atoms with Crippen LogP contribution in [-0.2, 0) is 4.79 Å². The number of thiol groups is 1. The molecule has 0 aliphatic rings. The molecule has 0 saturated heterocycles. The highest BCUT2D eigenvalue weighted by Gasteiger charge is 2.28. The lowest BCUT2D eigenvalue weighted by Gasteiger charge is -2.35. The number of carbonyl (C=O) groups is 1. The van der Waals surface area contributed by atoms with Gasteiger partial charge in [0.15, 0.2) is 0 Å². The normalized spacial score (nSPS) is 14.8. The highest BCUT2D eigenvalue weighted by molar-refractivity contribution is 7.77. The van der Waals surface area contributed by atoms with Crippen molar-refractivity contribution in [3.63, 3.8) is 0 Å². The Labute approximate surface area is 79.8 Å². The third-order valence-corrected chi connectivity index (χ3v) is 2.58. The van der Waals surface area contributed by atoms with Gasteiger partial charge in [0.05, 0.1) is 6.04 Å². The lowest BCUT2D eigenvalue weighted by atomic mass is 10.1. The molecular weight excluding hydrogens is 172 g/mol. The van der Waals surface area contributed by atoms with E-state index in [0.717, 1.165) is 0 Å². The molecule has 12 heavy (non-hydrogen) atoms.